The fraction of sp³-hybridized carbons (Fsp3) is 0.100. The zero-order valence-electron chi connectivity index (χ0n) is 7.99. The molecule has 78 valence electrons. The van der Waals surface area contributed by atoms with Crippen LogP contribution in [0.25, 0.3) is 6.08 Å². The summed E-state index contributed by atoms with van der Waals surface area (Å²) < 4.78 is 0. The maximum Gasteiger partial charge on any atom is 0.277 e. The number of nitro groups is 1. The molecule has 0 spiro atoms. The van der Waals surface area contributed by atoms with Gasteiger partial charge in [-0.2, -0.15) is 0 Å². The third-order valence-electron chi connectivity index (χ3n) is 2.00. The van der Waals surface area contributed by atoms with E-state index in [1.807, 2.05) is 0 Å². The van der Waals surface area contributed by atoms with E-state index in [0.717, 1.165) is 0 Å². The van der Waals surface area contributed by atoms with Gasteiger partial charge in [0, 0.05) is 11.6 Å². The number of benzene rings is 1. The van der Waals surface area contributed by atoms with Gasteiger partial charge in [-0.05, 0) is 30.2 Å². The van der Waals surface area contributed by atoms with Crippen molar-refractivity contribution in [3.63, 3.8) is 0 Å². The summed E-state index contributed by atoms with van der Waals surface area (Å²) >= 11 is 5.29. The molecule has 0 unspecified atom stereocenters. The molecular weight excluding hydrogens is 218 g/mol. The molecule has 1 aromatic carbocycles. The quantitative estimate of drug-likeness (QED) is 0.451. The monoisotopic (exact) mass is 225 g/mol. The number of nitro benzene ring substituents is 1. The van der Waals surface area contributed by atoms with Gasteiger partial charge in [-0.25, -0.2) is 0 Å². The highest BCUT2D eigenvalue weighted by molar-refractivity contribution is 6.68. The fourth-order valence-electron chi connectivity index (χ4n) is 1.25. The maximum absolute atomic E-state index is 11.0. The molecule has 0 aliphatic heterocycles. The Morgan fingerprint density at radius 3 is 2.60 bits per heavy atom. The van der Waals surface area contributed by atoms with Crippen molar-refractivity contribution in [3.05, 3.63) is 45.5 Å². The SMILES string of the molecule is C=Cc1cc(C)c(C(=O)Cl)cc1[N+](=O)[O-]. The van der Waals surface area contributed by atoms with E-state index in [1.54, 1.807) is 6.92 Å². The second kappa shape index (κ2) is 4.23. The van der Waals surface area contributed by atoms with Crippen LogP contribution in [0.1, 0.15) is 21.5 Å². The molecule has 0 aliphatic carbocycles. The first-order chi connectivity index (χ1) is 6.97. The first-order valence-electron chi connectivity index (χ1n) is 4.08. The van der Waals surface area contributed by atoms with Crippen LogP contribution >= 0.6 is 11.6 Å². The van der Waals surface area contributed by atoms with Gasteiger partial charge < -0.3 is 0 Å². The summed E-state index contributed by atoms with van der Waals surface area (Å²) in [5.74, 6) is 0. The Labute approximate surface area is 91.3 Å². The molecule has 4 nitrogen and oxygen atoms in total. The number of aryl methyl sites for hydroxylation is 1. The number of rotatable bonds is 3. The Morgan fingerprint density at radius 1 is 1.60 bits per heavy atom. The Morgan fingerprint density at radius 2 is 2.20 bits per heavy atom. The predicted octanol–water partition coefficient (Wildman–Crippen LogP) is 2.93. The Bertz CT molecular complexity index is 454. The summed E-state index contributed by atoms with van der Waals surface area (Å²) in [5.41, 5.74) is 0.947. The van der Waals surface area contributed by atoms with E-state index >= 15 is 0 Å². The van der Waals surface area contributed by atoms with Gasteiger partial charge in [-0.1, -0.05) is 12.7 Å². The summed E-state index contributed by atoms with van der Waals surface area (Å²) in [6, 6.07) is 2.68. The molecule has 0 radical (unpaired) electrons. The molecule has 0 N–H and O–H groups in total. The third-order valence-corrected chi connectivity index (χ3v) is 2.21. The molecule has 15 heavy (non-hydrogen) atoms. The second-order valence-electron chi connectivity index (χ2n) is 2.96. The van der Waals surface area contributed by atoms with E-state index in [0.29, 0.717) is 11.1 Å². The molecule has 0 saturated carbocycles. The number of halogens is 1. The average molecular weight is 226 g/mol. The summed E-state index contributed by atoms with van der Waals surface area (Å²) in [7, 11) is 0. The van der Waals surface area contributed by atoms with Crippen LogP contribution in [-0.2, 0) is 0 Å². The zero-order chi connectivity index (χ0) is 11.6. The lowest BCUT2D eigenvalue weighted by molar-refractivity contribution is -0.385. The predicted molar refractivity (Wildman–Crippen MR) is 58.1 cm³/mol. The van der Waals surface area contributed by atoms with E-state index in [2.05, 4.69) is 6.58 Å². The van der Waals surface area contributed by atoms with Crippen molar-refractivity contribution in [1.29, 1.82) is 0 Å². The van der Waals surface area contributed by atoms with Crippen LogP contribution in [0.2, 0.25) is 0 Å². The molecular formula is C10H8ClNO3. The summed E-state index contributed by atoms with van der Waals surface area (Å²) in [5, 5.41) is 9.97. The molecule has 0 heterocycles. The van der Waals surface area contributed by atoms with Gasteiger partial charge in [0.1, 0.15) is 0 Å². The van der Waals surface area contributed by atoms with E-state index in [-0.39, 0.29) is 11.3 Å². The van der Waals surface area contributed by atoms with Crippen LogP contribution in [0.3, 0.4) is 0 Å². The number of nitrogens with zero attached hydrogens (tertiary/aromatic N) is 1. The molecule has 0 aliphatic rings. The topological polar surface area (TPSA) is 60.2 Å². The molecule has 0 amide bonds. The average Bonchev–Trinajstić information content (AvgIpc) is 2.16. The molecule has 0 atom stereocenters. The van der Waals surface area contributed by atoms with Crippen molar-refractivity contribution < 1.29 is 9.72 Å². The van der Waals surface area contributed by atoms with Gasteiger partial charge in [0.2, 0.25) is 0 Å². The smallest absolute Gasteiger partial charge is 0.276 e. The lowest BCUT2D eigenvalue weighted by atomic mass is 10.0. The summed E-state index contributed by atoms with van der Waals surface area (Å²) in [6.07, 6.45) is 1.37. The van der Waals surface area contributed by atoms with Gasteiger partial charge in [-0.15, -0.1) is 0 Å². The normalized spacial score (nSPS) is 9.73. The van der Waals surface area contributed by atoms with Crippen molar-refractivity contribution >= 4 is 28.6 Å². The molecule has 1 aromatic rings. The van der Waals surface area contributed by atoms with Gasteiger partial charge in [0.25, 0.3) is 10.9 Å². The highest BCUT2D eigenvalue weighted by Gasteiger charge is 2.17. The minimum Gasteiger partial charge on any atom is -0.276 e. The van der Waals surface area contributed by atoms with Crippen molar-refractivity contribution in [2.45, 2.75) is 6.92 Å². The second-order valence-corrected chi connectivity index (χ2v) is 3.30. The number of hydrogen-bond donors (Lipinski definition) is 0. The van der Waals surface area contributed by atoms with E-state index < -0.39 is 10.2 Å². The third kappa shape index (κ3) is 2.22. The van der Waals surface area contributed by atoms with Gasteiger partial charge in [-0.3, -0.25) is 14.9 Å². The lowest BCUT2D eigenvalue weighted by Gasteiger charge is -2.03. The molecule has 0 fully saturated rings. The van der Waals surface area contributed by atoms with Crippen LogP contribution in [0.5, 0.6) is 0 Å². The number of carbonyl (C=O) groups excluding carboxylic acids is 1. The van der Waals surface area contributed by atoms with Crippen LogP contribution in [0.15, 0.2) is 18.7 Å². The Balaban J connectivity index is 3.50. The van der Waals surface area contributed by atoms with E-state index in [9.17, 15) is 14.9 Å². The minimum absolute atomic E-state index is 0.147. The maximum atomic E-state index is 11.0. The molecule has 0 saturated heterocycles. The van der Waals surface area contributed by atoms with Crippen LogP contribution in [-0.4, -0.2) is 10.2 Å². The van der Waals surface area contributed by atoms with Crippen LogP contribution in [0.4, 0.5) is 5.69 Å². The van der Waals surface area contributed by atoms with E-state index in [1.165, 1.54) is 18.2 Å². The van der Waals surface area contributed by atoms with Crippen molar-refractivity contribution in [3.8, 4) is 0 Å². The first kappa shape index (κ1) is 11.4. The molecule has 1 rings (SSSR count). The molecule has 5 heteroatoms. The summed E-state index contributed by atoms with van der Waals surface area (Å²) in [4.78, 5) is 21.1. The van der Waals surface area contributed by atoms with Crippen molar-refractivity contribution in [1.82, 2.24) is 0 Å². The lowest BCUT2D eigenvalue weighted by Crippen LogP contribution is -1.99. The van der Waals surface area contributed by atoms with Crippen LogP contribution < -0.4 is 0 Å². The Kier molecular flexibility index (Phi) is 3.21. The van der Waals surface area contributed by atoms with Crippen molar-refractivity contribution in [2.24, 2.45) is 0 Å². The van der Waals surface area contributed by atoms with Gasteiger partial charge in [0.15, 0.2) is 0 Å². The standard InChI is InChI=1S/C10H8ClNO3/c1-3-7-4-6(2)8(10(11)13)5-9(7)12(14)15/h3-5H,1H2,2H3. The van der Waals surface area contributed by atoms with E-state index in [4.69, 9.17) is 11.6 Å². The van der Waals surface area contributed by atoms with Gasteiger partial charge >= 0.3 is 0 Å². The number of hydrogen-bond acceptors (Lipinski definition) is 3. The minimum atomic E-state index is -0.703. The molecule has 0 aromatic heterocycles. The zero-order valence-corrected chi connectivity index (χ0v) is 8.75. The summed E-state index contributed by atoms with van der Waals surface area (Å²) in [6.45, 7) is 5.13. The number of carbonyl (C=O) groups is 1. The van der Waals surface area contributed by atoms with Gasteiger partial charge in [0.05, 0.1) is 10.5 Å². The Hall–Kier alpha value is -1.68. The highest BCUT2D eigenvalue weighted by Crippen LogP contribution is 2.25. The first-order valence-corrected chi connectivity index (χ1v) is 4.46. The highest BCUT2D eigenvalue weighted by atomic mass is 35.5. The molecule has 0 bridgehead atoms. The van der Waals surface area contributed by atoms with Crippen LogP contribution in [0, 0.1) is 17.0 Å². The largest absolute Gasteiger partial charge is 0.277 e. The van der Waals surface area contributed by atoms with Crippen molar-refractivity contribution in [2.75, 3.05) is 0 Å². The fourth-order valence-corrected chi connectivity index (χ4v) is 1.46.